The van der Waals surface area contributed by atoms with Crippen LogP contribution in [-0.4, -0.2) is 48.6 Å². The van der Waals surface area contributed by atoms with E-state index in [1.165, 1.54) is 48.5 Å². The van der Waals surface area contributed by atoms with Crippen molar-refractivity contribution in [3.8, 4) is 0 Å². The van der Waals surface area contributed by atoms with Crippen LogP contribution < -0.4 is 0 Å². The zero-order valence-corrected chi connectivity index (χ0v) is 17.1. The van der Waals surface area contributed by atoms with Gasteiger partial charge in [0.1, 0.15) is 6.04 Å². The molecule has 0 aliphatic carbocycles. The van der Waals surface area contributed by atoms with Crippen LogP contribution in [0, 0.1) is 10.1 Å². The molecule has 1 aliphatic rings. The highest BCUT2D eigenvalue weighted by atomic mass is 35.5. The Hall–Kier alpha value is -2.82. The van der Waals surface area contributed by atoms with E-state index in [-0.39, 0.29) is 29.1 Å². The molecule has 0 aromatic heterocycles. The molecule has 0 unspecified atom stereocenters. The molecule has 0 bridgehead atoms. The van der Waals surface area contributed by atoms with Crippen molar-refractivity contribution in [3.63, 3.8) is 0 Å². The van der Waals surface area contributed by atoms with E-state index in [0.29, 0.717) is 11.4 Å². The van der Waals surface area contributed by atoms with Crippen molar-refractivity contribution in [2.45, 2.75) is 23.8 Å². The second-order valence-corrected chi connectivity index (χ2v) is 8.89. The zero-order valence-electron chi connectivity index (χ0n) is 15.6. The first-order chi connectivity index (χ1) is 14.2. The van der Waals surface area contributed by atoms with Crippen LogP contribution in [0.15, 0.2) is 53.4 Å². The number of Topliss-reactive ketones (excluding diaryl/α,β-unsaturated/α-hetero) is 1. The van der Waals surface area contributed by atoms with Gasteiger partial charge in [-0.15, -0.1) is 0 Å². The summed E-state index contributed by atoms with van der Waals surface area (Å²) in [4.78, 5) is 34.7. The number of non-ortho nitro benzene ring substituents is 1. The van der Waals surface area contributed by atoms with E-state index in [1.54, 1.807) is 0 Å². The van der Waals surface area contributed by atoms with Gasteiger partial charge in [0.2, 0.25) is 10.0 Å². The van der Waals surface area contributed by atoms with Crippen LogP contribution in [0.3, 0.4) is 0 Å². The number of sulfonamides is 1. The van der Waals surface area contributed by atoms with Gasteiger partial charge in [-0.3, -0.25) is 19.7 Å². The lowest BCUT2D eigenvalue weighted by atomic mass is 10.1. The summed E-state index contributed by atoms with van der Waals surface area (Å²) >= 11 is 5.80. The average molecular weight is 453 g/mol. The van der Waals surface area contributed by atoms with Gasteiger partial charge >= 0.3 is 5.97 Å². The minimum absolute atomic E-state index is 0.00792. The van der Waals surface area contributed by atoms with E-state index in [0.717, 1.165) is 4.31 Å². The van der Waals surface area contributed by atoms with E-state index in [2.05, 4.69) is 0 Å². The molecule has 1 aliphatic heterocycles. The number of ether oxygens (including phenoxy) is 1. The lowest BCUT2D eigenvalue weighted by molar-refractivity contribution is -0.384. The Balaban J connectivity index is 1.66. The molecule has 0 radical (unpaired) electrons. The lowest BCUT2D eigenvalue weighted by Crippen LogP contribution is -2.41. The predicted octanol–water partition coefficient (Wildman–Crippen LogP) is 2.83. The summed E-state index contributed by atoms with van der Waals surface area (Å²) in [6.07, 6.45) is 0.750. The first-order valence-corrected chi connectivity index (χ1v) is 10.7. The highest BCUT2D eigenvalue weighted by molar-refractivity contribution is 7.89. The molecule has 1 fully saturated rings. The number of nitro groups is 1. The molecule has 0 spiro atoms. The third kappa shape index (κ3) is 4.66. The van der Waals surface area contributed by atoms with Crippen LogP contribution in [0.4, 0.5) is 5.69 Å². The summed E-state index contributed by atoms with van der Waals surface area (Å²) in [5.74, 6) is -1.37. The number of hydrogen-bond acceptors (Lipinski definition) is 7. The second kappa shape index (κ2) is 8.90. The summed E-state index contributed by atoms with van der Waals surface area (Å²) in [6, 6.07) is 9.45. The molecule has 11 heteroatoms. The Labute approximate surface area is 177 Å². The van der Waals surface area contributed by atoms with Crippen molar-refractivity contribution in [2.75, 3.05) is 13.2 Å². The van der Waals surface area contributed by atoms with E-state index in [1.807, 2.05) is 0 Å². The highest BCUT2D eigenvalue weighted by Gasteiger charge is 2.40. The van der Waals surface area contributed by atoms with Crippen molar-refractivity contribution < 1.29 is 27.7 Å². The Morgan fingerprint density at radius 2 is 1.77 bits per heavy atom. The van der Waals surface area contributed by atoms with E-state index in [4.69, 9.17) is 16.3 Å². The monoisotopic (exact) mass is 452 g/mol. The van der Waals surface area contributed by atoms with Gasteiger partial charge in [0, 0.05) is 29.3 Å². The number of rotatable bonds is 7. The van der Waals surface area contributed by atoms with E-state index in [9.17, 15) is 28.1 Å². The fourth-order valence-electron chi connectivity index (χ4n) is 3.09. The molecule has 1 heterocycles. The number of nitro benzene ring substituents is 1. The number of carbonyl (C=O) groups excluding carboxylic acids is 2. The maximum absolute atomic E-state index is 12.9. The maximum atomic E-state index is 12.9. The van der Waals surface area contributed by atoms with Gasteiger partial charge in [0.05, 0.1) is 9.82 Å². The van der Waals surface area contributed by atoms with Crippen molar-refractivity contribution >= 4 is 39.1 Å². The molecular formula is C19H17ClN2O7S. The third-order valence-electron chi connectivity index (χ3n) is 4.64. The van der Waals surface area contributed by atoms with Gasteiger partial charge in [0.25, 0.3) is 5.69 Å². The predicted molar refractivity (Wildman–Crippen MR) is 107 cm³/mol. The molecule has 30 heavy (non-hydrogen) atoms. The number of nitrogens with zero attached hydrogens (tertiary/aromatic N) is 2. The van der Waals surface area contributed by atoms with Crippen LogP contribution in [-0.2, 0) is 19.6 Å². The third-order valence-corrected chi connectivity index (χ3v) is 6.82. The van der Waals surface area contributed by atoms with Crippen LogP contribution >= 0.6 is 11.6 Å². The van der Waals surface area contributed by atoms with Crippen LogP contribution in [0.1, 0.15) is 23.2 Å². The molecule has 1 saturated heterocycles. The fourth-order valence-corrected chi connectivity index (χ4v) is 4.86. The number of hydrogen-bond donors (Lipinski definition) is 0. The number of ketones is 1. The summed E-state index contributed by atoms with van der Waals surface area (Å²) in [5, 5.41) is 11.1. The number of esters is 1. The number of benzene rings is 2. The minimum atomic E-state index is -3.93. The van der Waals surface area contributed by atoms with Crippen molar-refractivity contribution in [3.05, 3.63) is 69.2 Å². The van der Waals surface area contributed by atoms with Gasteiger partial charge in [-0.2, -0.15) is 4.31 Å². The van der Waals surface area contributed by atoms with E-state index >= 15 is 0 Å². The van der Waals surface area contributed by atoms with Crippen LogP contribution in [0.25, 0.3) is 0 Å². The quantitative estimate of drug-likeness (QED) is 0.274. The van der Waals surface area contributed by atoms with Crippen molar-refractivity contribution in [1.29, 1.82) is 0 Å². The Morgan fingerprint density at radius 1 is 1.13 bits per heavy atom. The highest BCUT2D eigenvalue weighted by Crippen LogP contribution is 2.27. The average Bonchev–Trinajstić information content (AvgIpc) is 3.23. The Morgan fingerprint density at radius 3 is 2.37 bits per heavy atom. The molecule has 0 amide bonds. The van der Waals surface area contributed by atoms with Gasteiger partial charge < -0.3 is 4.74 Å². The molecule has 3 rings (SSSR count). The lowest BCUT2D eigenvalue weighted by Gasteiger charge is -2.22. The Bertz CT molecular complexity index is 1070. The molecule has 2 aromatic rings. The molecule has 0 N–H and O–H groups in total. The van der Waals surface area contributed by atoms with Gasteiger partial charge in [0.15, 0.2) is 12.4 Å². The number of carbonyl (C=O) groups is 2. The SMILES string of the molecule is O=C(COC(=O)[C@H]1CCCN1S(=O)(=O)c1ccc(Cl)cc1)c1ccc([N+](=O)[O-])cc1. The molecular weight excluding hydrogens is 436 g/mol. The molecule has 9 nitrogen and oxygen atoms in total. The van der Waals surface area contributed by atoms with Gasteiger partial charge in [-0.25, -0.2) is 8.42 Å². The first kappa shape index (κ1) is 21.9. The summed E-state index contributed by atoms with van der Waals surface area (Å²) < 4.78 is 31.8. The maximum Gasteiger partial charge on any atom is 0.324 e. The Kier molecular flexibility index (Phi) is 6.49. The topological polar surface area (TPSA) is 124 Å². The summed E-state index contributed by atoms with van der Waals surface area (Å²) in [5.41, 5.74) is -0.0250. The summed E-state index contributed by atoms with van der Waals surface area (Å²) in [7, 11) is -3.93. The second-order valence-electron chi connectivity index (χ2n) is 6.56. The smallest absolute Gasteiger partial charge is 0.324 e. The normalized spacial score (nSPS) is 16.9. The minimum Gasteiger partial charge on any atom is -0.456 e. The first-order valence-electron chi connectivity index (χ1n) is 8.92. The van der Waals surface area contributed by atoms with Gasteiger partial charge in [-0.05, 0) is 49.2 Å². The van der Waals surface area contributed by atoms with E-state index < -0.39 is 39.3 Å². The fraction of sp³-hybridized carbons (Fsp3) is 0.263. The van der Waals surface area contributed by atoms with Crippen molar-refractivity contribution in [2.24, 2.45) is 0 Å². The molecule has 2 aromatic carbocycles. The van der Waals surface area contributed by atoms with Crippen molar-refractivity contribution in [1.82, 2.24) is 4.31 Å². The largest absolute Gasteiger partial charge is 0.456 e. The molecule has 0 saturated carbocycles. The van der Waals surface area contributed by atoms with Gasteiger partial charge in [-0.1, -0.05) is 11.6 Å². The van der Waals surface area contributed by atoms with Crippen LogP contribution in [0.5, 0.6) is 0 Å². The summed E-state index contributed by atoms with van der Waals surface area (Å²) in [6.45, 7) is -0.441. The standard InChI is InChI=1S/C19H17ClN2O7S/c20-14-5-9-16(10-6-14)30(27,28)21-11-1-2-17(21)19(24)29-12-18(23)13-3-7-15(8-4-13)22(25)26/h3-10,17H,1-2,11-12H2/t17-/m1/s1. The van der Waals surface area contributed by atoms with Crippen LogP contribution in [0.2, 0.25) is 5.02 Å². The number of halogens is 1. The zero-order chi connectivity index (χ0) is 21.9. The molecule has 1 atom stereocenters. The molecule has 158 valence electrons.